The van der Waals surface area contributed by atoms with Crippen LogP contribution < -0.4 is 0 Å². The molecule has 0 aromatic rings. The summed E-state index contributed by atoms with van der Waals surface area (Å²) in [5.41, 5.74) is 2.08. The van der Waals surface area contributed by atoms with E-state index in [9.17, 15) is 0 Å². The van der Waals surface area contributed by atoms with Gasteiger partial charge in [-0.3, -0.25) is 0 Å². The summed E-state index contributed by atoms with van der Waals surface area (Å²) in [5.74, 6) is 2.69. The third-order valence-electron chi connectivity index (χ3n) is 2.31. The number of rotatable bonds is 3. The zero-order chi connectivity index (χ0) is 8.60. The Morgan fingerprint density at radius 2 is 2.42 bits per heavy atom. The van der Waals surface area contributed by atoms with Gasteiger partial charge in [-0.2, -0.15) is 21.3 Å². The average Bonchev–Trinajstić information content (AvgIpc) is 2.67. The van der Waals surface area contributed by atoms with Crippen LogP contribution in [0.25, 0.3) is 0 Å². The molecule has 1 fully saturated rings. The van der Waals surface area contributed by atoms with Gasteiger partial charge in [-0.1, -0.05) is 19.9 Å². The molecule has 0 aliphatic carbocycles. The molecule has 70 valence electrons. The maximum absolute atomic E-state index is 2.42. The second-order valence-corrected chi connectivity index (χ2v) is 9.82. The molecule has 0 radical (unpaired) electrons. The smallest absolute Gasteiger partial charge is 0.0381 e. The molecule has 0 nitrogen and oxygen atoms in total. The maximum Gasteiger partial charge on any atom is 0.0381 e. The van der Waals surface area contributed by atoms with E-state index in [2.05, 4.69) is 36.1 Å². The molecule has 0 N–H and O–H groups in total. The third-order valence-corrected chi connectivity index (χ3v) is 7.19. The summed E-state index contributed by atoms with van der Waals surface area (Å²) in [5, 5.41) is 3.87. The van der Waals surface area contributed by atoms with Crippen molar-refractivity contribution >= 4 is 37.4 Å². The van der Waals surface area contributed by atoms with Crippen molar-refractivity contribution < 1.29 is 0 Å². The molecule has 3 heteroatoms. The van der Waals surface area contributed by atoms with Crippen LogP contribution in [-0.4, -0.2) is 22.0 Å². The quantitative estimate of drug-likeness (QED) is 0.319. The minimum Gasteiger partial charge on any atom is -0.196 e. The number of allylic oxidation sites excluding steroid dienone is 1. The first-order chi connectivity index (χ1) is 5.68. The molecule has 0 aromatic heterocycles. The SMILES string of the molecule is CC(C)(C[SH]1CS1)C1=CC[SH]=C1. The Kier molecular flexibility index (Phi) is 2.64. The highest BCUT2D eigenvalue weighted by Crippen LogP contribution is 2.63. The number of hydrogen-bond acceptors (Lipinski definition) is 1. The van der Waals surface area contributed by atoms with E-state index in [0.717, 1.165) is 0 Å². The lowest BCUT2D eigenvalue weighted by atomic mass is 9.87. The Hall–Kier alpha value is 0.660. The van der Waals surface area contributed by atoms with E-state index >= 15 is 0 Å². The Morgan fingerprint density at radius 3 is 2.92 bits per heavy atom. The van der Waals surface area contributed by atoms with E-state index in [1.807, 2.05) is 0 Å². The van der Waals surface area contributed by atoms with Crippen molar-refractivity contribution in [2.24, 2.45) is 5.41 Å². The molecule has 2 aliphatic heterocycles. The van der Waals surface area contributed by atoms with Gasteiger partial charge in [0.15, 0.2) is 0 Å². The lowest BCUT2D eigenvalue weighted by molar-refractivity contribution is 0.540. The fraction of sp³-hybridized carbons (Fsp3) is 0.667. The Morgan fingerprint density at radius 1 is 1.67 bits per heavy atom. The van der Waals surface area contributed by atoms with E-state index in [1.165, 1.54) is 27.9 Å². The molecule has 12 heavy (non-hydrogen) atoms. The topological polar surface area (TPSA) is 0 Å². The van der Waals surface area contributed by atoms with Crippen LogP contribution in [-0.2, 0) is 0 Å². The van der Waals surface area contributed by atoms with Gasteiger partial charge in [0.05, 0.1) is 0 Å². The summed E-state index contributed by atoms with van der Waals surface area (Å²) in [6.07, 6.45) is 2.42. The standard InChI is InChI=1S/C9H16S3/c1-9(2,6-12-7-11-12)8-3-4-10-5-8/h3,5,10,12H,4,6-7H2,1-2H3. The van der Waals surface area contributed by atoms with Gasteiger partial charge in [0.1, 0.15) is 0 Å². The van der Waals surface area contributed by atoms with Crippen molar-refractivity contribution in [3.05, 3.63) is 11.6 Å². The molecule has 1 atom stereocenters. The third kappa shape index (κ3) is 2.12. The first-order valence-electron chi connectivity index (χ1n) is 4.27. The maximum atomic E-state index is 2.42. The predicted molar refractivity (Wildman–Crippen MR) is 68.1 cm³/mol. The molecule has 2 heterocycles. The fourth-order valence-corrected chi connectivity index (χ4v) is 6.35. The zero-order valence-corrected chi connectivity index (χ0v) is 10.2. The van der Waals surface area contributed by atoms with Crippen molar-refractivity contribution in [3.8, 4) is 0 Å². The second-order valence-electron chi connectivity index (χ2n) is 3.94. The van der Waals surface area contributed by atoms with Gasteiger partial charge < -0.3 is 0 Å². The zero-order valence-electron chi connectivity index (χ0n) is 7.58. The van der Waals surface area contributed by atoms with Crippen LogP contribution in [0.4, 0.5) is 0 Å². The Balaban J connectivity index is 2.02. The molecule has 0 saturated carbocycles. The molecule has 0 aromatic carbocycles. The molecule has 2 aliphatic rings. The van der Waals surface area contributed by atoms with Crippen LogP contribution >= 0.6 is 32.1 Å². The monoisotopic (exact) mass is 220 g/mol. The lowest BCUT2D eigenvalue weighted by Crippen LogP contribution is -2.18. The van der Waals surface area contributed by atoms with Crippen LogP contribution in [0.2, 0.25) is 0 Å². The molecule has 0 amide bonds. The van der Waals surface area contributed by atoms with E-state index in [1.54, 1.807) is 5.57 Å². The highest BCUT2D eigenvalue weighted by Gasteiger charge is 2.30. The van der Waals surface area contributed by atoms with Crippen molar-refractivity contribution in [1.82, 2.24) is 0 Å². The van der Waals surface area contributed by atoms with Crippen molar-refractivity contribution in [3.63, 3.8) is 0 Å². The van der Waals surface area contributed by atoms with Crippen molar-refractivity contribution in [1.29, 1.82) is 0 Å². The van der Waals surface area contributed by atoms with Gasteiger partial charge in [-0.05, 0) is 22.1 Å². The van der Waals surface area contributed by atoms with Gasteiger partial charge in [0, 0.05) is 10.8 Å². The number of thiol groups is 2. The van der Waals surface area contributed by atoms with Crippen LogP contribution in [0.5, 0.6) is 0 Å². The van der Waals surface area contributed by atoms with Gasteiger partial charge >= 0.3 is 0 Å². The largest absolute Gasteiger partial charge is 0.196 e. The summed E-state index contributed by atoms with van der Waals surface area (Å²) in [6, 6.07) is 0. The molecule has 1 unspecified atom stereocenters. The summed E-state index contributed by atoms with van der Waals surface area (Å²) in [6.45, 7) is 4.80. The van der Waals surface area contributed by atoms with E-state index in [0.29, 0.717) is 15.3 Å². The number of hydrogen-bond donors (Lipinski definition) is 2. The van der Waals surface area contributed by atoms with Crippen LogP contribution in [0.3, 0.4) is 0 Å². The second kappa shape index (κ2) is 3.43. The van der Waals surface area contributed by atoms with Gasteiger partial charge in [0.25, 0.3) is 0 Å². The van der Waals surface area contributed by atoms with Crippen molar-refractivity contribution in [2.75, 3.05) is 16.6 Å². The highest BCUT2D eigenvalue weighted by atomic mass is 33.2. The van der Waals surface area contributed by atoms with Crippen molar-refractivity contribution in [2.45, 2.75) is 13.8 Å². The van der Waals surface area contributed by atoms with Crippen LogP contribution in [0, 0.1) is 5.41 Å². The van der Waals surface area contributed by atoms with Gasteiger partial charge in [0.2, 0.25) is 0 Å². The highest BCUT2D eigenvalue weighted by molar-refractivity contribution is 9.00. The normalized spacial score (nSPS) is 31.2. The minimum atomic E-state index is 0.398. The summed E-state index contributed by atoms with van der Waals surface area (Å²) in [4.78, 5) is 0. The molecular formula is C9H16S3. The van der Waals surface area contributed by atoms with Gasteiger partial charge in [-0.25, -0.2) is 0 Å². The molecule has 2 rings (SSSR count). The average molecular weight is 220 g/mol. The predicted octanol–water partition coefficient (Wildman–Crippen LogP) is 2.84. The molecular weight excluding hydrogens is 204 g/mol. The summed E-state index contributed by atoms with van der Waals surface area (Å²) >= 11 is 1.50. The van der Waals surface area contributed by atoms with Crippen LogP contribution in [0.1, 0.15) is 13.8 Å². The molecule has 1 saturated heterocycles. The van der Waals surface area contributed by atoms with Gasteiger partial charge in [-0.15, -0.1) is 10.8 Å². The molecule has 0 bridgehead atoms. The lowest BCUT2D eigenvalue weighted by Gasteiger charge is -2.25. The van der Waals surface area contributed by atoms with E-state index in [-0.39, 0.29) is 0 Å². The Labute approximate surface area is 84.9 Å². The van der Waals surface area contributed by atoms with Crippen LogP contribution in [0.15, 0.2) is 11.6 Å². The fourth-order valence-electron chi connectivity index (χ4n) is 1.47. The minimum absolute atomic E-state index is 0.398. The van der Waals surface area contributed by atoms with E-state index in [4.69, 9.17) is 0 Å². The Bertz CT molecular complexity index is 236. The first kappa shape index (κ1) is 9.22. The first-order valence-corrected chi connectivity index (χ1v) is 8.72. The summed E-state index contributed by atoms with van der Waals surface area (Å²) in [7, 11) is 2.57. The van der Waals surface area contributed by atoms with E-state index < -0.39 is 0 Å². The summed E-state index contributed by atoms with van der Waals surface area (Å²) < 4.78 is 0. The molecule has 0 spiro atoms.